The highest BCUT2D eigenvalue weighted by atomic mass is 16.3. The number of aromatic nitrogens is 2. The zero-order valence-electron chi connectivity index (χ0n) is 13.6. The first-order valence-corrected chi connectivity index (χ1v) is 8.41. The van der Waals surface area contributed by atoms with Gasteiger partial charge in [0.25, 0.3) is 0 Å². The van der Waals surface area contributed by atoms with Gasteiger partial charge in [-0.1, -0.05) is 30.3 Å². The standard InChI is InChI=1S/C19H24N2O2/c1-14-11-19(23)18(13-22)20-21(14)12-15-7-9-17(10-8-15)16-5-3-2-4-6-16/h2-6,11,15,17,22H,7-10,12-13H2,1H3. The van der Waals surface area contributed by atoms with Gasteiger partial charge in [-0.25, -0.2) is 0 Å². The van der Waals surface area contributed by atoms with Gasteiger partial charge in [0, 0.05) is 18.3 Å². The number of nitrogens with zero attached hydrogens (tertiary/aromatic N) is 2. The van der Waals surface area contributed by atoms with Crippen molar-refractivity contribution < 1.29 is 5.11 Å². The minimum atomic E-state index is -0.292. The third-order valence-corrected chi connectivity index (χ3v) is 4.97. The molecule has 1 aromatic heterocycles. The first-order chi connectivity index (χ1) is 11.2. The van der Waals surface area contributed by atoms with Crippen molar-refractivity contribution in [2.45, 2.75) is 51.7 Å². The Morgan fingerprint density at radius 1 is 1.17 bits per heavy atom. The van der Waals surface area contributed by atoms with Gasteiger partial charge in [0.05, 0.1) is 6.61 Å². The fraction of sp³-hybridized carbons (Fsp3) is 0.474. The third-order valence-electron chi connectivity index (χ3n) is 4.97. The predicted molar refractivity (Wildman–Crippen MR) is 90.3 cm³/mol. The van der Waals surface area contributed by atoms with E-state index >= 15 is 0 Å². The van der Waals surface area contributed by atoms with Crippen molar-refractivity contribution in [3.8, 4) is 0 Å². The van der Waals surface area contributed by atoms with Crippen molar-refractivity contribution >= 4 is 0 Å². The van der Waals surface area contributed by atoms with Gasteiger partial charge in [-0.05, 0) is 50.0 Å². The van der Waals surface area contributed by atoms with E-state index in [9.17, 15) is 9.90 Å². The van der Waals surface area contributed by atoms with Crippen molar-refractivity contribution in [1.82, 2.24) is 9.78 Å². The average Bonchev–Trinajstić information content (AvgIpc) is 2.59. The van der Waals surface area contributed by atoms with Gasteiger partial charge in [0.1, 0.15) is 5.69 Å². The highest BCUT2D eigenvalue weighted by Crippen LogP contribution is 2.36. The molecule has 0 aliphatic heterocycles. The lowest BCUT2D eigenvalue weighted by Gasteiger charge is -2.29. The second kappa shape index (κ2) is 7.09. The van der Waals surface area contributed by atoms with E-state index in [1.807, 2.05) is 11.6 Å². The lowest BCUT2D eigenvalue weighted by Crippen LogP contribution is -2.24. The lowest BCUT2D eigenvalue weighted by atomic mass is 9.79. The van der Waals surface area contributed by atoms with Crippen LogP contribution in [0.15, 0.2) is 41.2 Å². The Bertz CT molecular complexity index is 701. The van der Waals surface area contributed by atoms with Gasteiger partial charge in [-0.2, -0.15) is 5.10 Å². The fourth-order valence-electron chi connectivity index (χ4n) is 3.56. The topological polar surface area (TPSA) is 55.1 Å². The zero-order chi connectivity index (χ0) is 16.2. The molecule has 1 saturated carbocycles. The van der Waals surface area contributed by atoms with E-state index in [0.717, 1.165) is 12.2 Å². The summed E-state index contributed by atoms with van der Waals surface area (Å²) < 4.78 is 1.89. The van der Waals surface area contributed by atoms with Crippen LogP contribution < -0.4 is 5.43 Å². The summed E-state index contributed by atoms with van der Waals surface area (Å²) in [7, 11) is 0. The Morgan fingerprint density at radius 2 is 1.87 bits per heavy atom. The van der Waals surface area contributed by atoms with E-state index < -0.39 is 0 Å². The van der Waals surface area contributed by atoms with Crippen molar-refractivity contribution in [3.05, 3.63) is 63.6 Å². The Hall–Kier alpha value is -1.94. The monoisotopic (exact) mass is 312 g/mol. The Morgan fingerprint density at radius 3 is 2.52 bits per heavy atom. The summed E-state index contributed by atoms with van der Waals surface area (Å²) in [6.45, 7) is 2.45. The van der Waals surface area contributed by atoms with Crippen molar-refractivity contribution in [3.63, 3.8) is 0 Å². The number of hydrogen-bond acceptors (Lipinski definition) is 3. The molecule has 4 nitrogen and oxygen atoms in total. The summed E-state index contributed by atoms with van der Waals surface area (Å²) in [5.74, 6) is 1.26. The van der Waals surface area contributed by atoms with Crippen LogP contribution >= 0.6 is 0 Å². The quantitative estimate of drug-likeness (QED) is 0.944. The van der Waals surface area contributed by atoms with Crippen molar-refractivity contribution in [2.24, 2.45) is 5.92 Å². The van der Waals surface area contributed by atoms with E-state index in [-0.39, 0.29) is 17.7 Å². The number of hydrogen-bond donors (Lipinski definition) is 1. The SMILES string of the molecule is Cc1cc(=O)c(CO)nn1CC1CCC(c2ccccc2)CC1. The molecule has 0 saturated heterocycles. The molecule has 0 radical (unpaired) electrons. The van der Waals surface area contributed by atoms with Crippen molar-refractivity contribution in [2.75, 3.05) is 0 Å². The smallest absolute Gasteiger partial charge is 0.206 e. The number of aryl methyl sites for hydroxylation is 1. The number of benzene rings is 1. The third kappa shape index (κ3) is 3.70. The van der Waals surface area contributed by atoms with Gasteiger partial charge < -0.3 is 5.11 Å². The van der Waals surface area contributed by atoms with Crippen LogP contribution in [0, 0.1) is 12.8 Å². The molecular weight excluding hydrogens is 288 g/mol. The zero-order valence-corrected chi connectivity index (χ0v) is 13.6. The Labute approximate surface area is 136 Å². The number of aliphatic hydroxyl groups is 1. The van der Waals surface area contributed by atoms with E-state index in [4.69, 9.17) is 0 Å². The second-order valence-corrected chi connectivity index (χ2v) is 6.57. The van der Waals surface area contributed by atoms with E-state index in [2.05, 4.69) is 35.4 Å². The molecule has 1 N–H and O–H groups in total. The normalized spacial score (nSPS) is 21.3. The molecule has 0 atom stereocenters. The molecule has 0 bridgehead atoms. The predicted octanol–water partition coefficient (Wildman–Crippen LogP) is 3.02. The highest BCUT2D eigenvalue weighted by Gasteiger charge is 2.23. The van der Waals surface area contributed by atoms with Gasteiger partial charge in [-0.3, -0.25) is 9.48 Å². The molecule has 0 amide bonds. The Kier molecular flexibility index (Phi) is 4.91. The summed E-state index contributed by atoms with van der Waals surface area (Å²) in [4.78, 5) is 11.7. The molecule has 0 unspecified atom stereocenters. The van der Waals surface area contributed by atoms with E-state index in [0.29, 0.717) is 11.8 Å². The molecule has 1 heterocycles. The largest absolute Gasteiger partial charge is 0.390 e. The number of rotatable bonds is 4. The van der Waals surface area contributed by atoms with Crippen LogP contribution in [-0.4, -0.2) is 14.9 Å². The van der Waals surface area contributed by atoms with Crippen LogP contribution in [0.5, 0.6) is 0 Å². The lowest BCUT2D eigenvalue weighted by molar-refractivity contribution is 0.259. The second-order valence-electron chi connectivity index (χ2n) is 6.57. The van der Waals surface area contributed by atoms with Crippen LogP contribution in [0.25, 0.3) is 0 Å². The molecule has 122 valence electrons. The molecule has 3 rings (SSSR count). The van der Waals surface area contributed by atoms with Crippen molar-refractivity contribution in [1.29, 1.82) is 0 Å². The summed E-state index contributed by atoms with van der Waals surface area (Å²) in [6, 6.07) is 12.3. The van der Waals surface area contributed by atoms with Crippen LogP contribution in [-0.2, 0) is 13.2 Å². The maximum atomic E-state index is 11.7. The van der Waals surface area contributed by atoms with Crippen LogP contribution in [0.2, 0.25) is 0 Å². The molecule has 1 aliphatic carbocycles. The Balaban J connectivity index is 1.64. The summed E-state index contributed by atoms with van der Waals surface area (Å²) in [5, 5.41) is 13.5. The molecule has 4 heteroatoms. The fourth-order valence-corrected chi connectivity index (χ4v) is 3.56. The first kappa shape index (κ1) is 15.9. The van der Waals surface area contributed by atoms with E-state index in [1.54, 1.807) is 6.07 Å². The summed E-state index contributed by atoms with van der Waals surface area (Å²) in [5.41, 5.74) is 2.39. The van der Waals surface area contributed by atoms with Crippen LogP contribution in [0.4, 0.5) is 0 Å². The summed E-state index contributed by atoms with van der Waals surface area (Å²) >= 11 is 0. The minimum absolute atomic E-state index is 0.172. The van der Waals surface area contributed by atoms with Crippen LogP contribution in [0.1, 0.15) is 48.6 Å². The van der Waals surface area contributed by atoms with E-state index in [1.165, 1.54) is 31.2 Å². The molecule has 2 aromatic rings. The van der Waals surface area contributed by atoms with Crippen LogP contribution in [0.3, 0.4) is 0 Å². The molecule has 0 spiro atoms. The maximum absolute atomic E-state index is 11.7. The molecular formula is C19H24N2O2. The van der Waals surface area contributed by atoms with Gasteiger partial charge in [0.2, 0.25) is 5.43 Å². The van der Waals surface area contributed by atoms with Gasteiger partial charge in [0.15, 0.2) is 0 Å². The molecule has 1 aromatic carbocycles. The minimum Gasteiger partial charge on any atom is -0.390 e. The highest BCUT2D eigenvalue weighted by molar-refractivity contribution is 5.19. The van der Waals surface area contributed by atoms with Gasteiger partial charge >= 0.3 is 0 Å². The molecule has 1 aliphatic rings. The summed E-state index contributed by atoms with van der Waals surface area (Å²) in [6.07, 6.45) is 4.78. The number of aliphatic hydroxyl groups excluding tert-OH is 1. The first-order valence-electron chi connectivity index (χ1n) is 8.41. The molecule has 23 heavy (non-hydrogen) atoms. The average molecular weight is 312 g/mol. The van der Waals surface area contributed by atoms with Gasteiger partial charge in [-0.15, -0.1) is 0 Å². The molecule has 1 fully saturated rings. The maximum Gasteiger partial charge on any atom is 0.206 e.